The number of aromatic amines is 1. The zero-order valence-electron chi connectivity index (χ0n) is 20.1. The first kappa shape index (κ1) is 29.4. The van der Waals surface area contributed by atoms with Crippen molar-refractivity contribution in [1.29, 1.82) is 0 Å². The first-order valence-corrected chi connectivity index (χ1v) is 11.4. The summed E-state index contributed by atoms with van der Waals surface area (Å²) in [5.74, 6) is -6.53. The SMILES string of the molecule is NC(=O)C[C@H](NC(=O)[C@H](Cc1c[nH]cn1)NC(=O)[C@@H](N)CC(=O)O)C(=O)N[C@@H](Cc1ccccc1)C(=O)O. The van der Waals surface area contributed by atoms with Crippen LogP contribution in [0.3, 0.4) is 0 Å². The minimum atomic E-state index is -1.58. The predicted molar refractivity (Wildman–Crippen MR) is 130 cm³/mol. The smallest absolute Gasteiger partial charge is 0.326 e. The molecule has 15 nitrogen and oxygen atoms in total. The minimum absolute atomic E-state index is 0.0710. The van der Waals surface area contributed by atoms with Crippen molar-refractivity contribution >= 4 is 35.6 Å². The van der Waals surface area contributed by atoms with E-state index in [1.807, 2.05) is 0 Å². The van der Waals surface area contributed by atoms with E-state index in [0.29, 0.717) is 11.3 Å². The summed E-state index contributed by atoms with van der Waals surface area (Å²) in [6.45, 7) is 0. The number of rotatable bonds is 15. The number of nitrogens with two attached hydrogens (primary N) is 2. The summed E-state index contributed by atoms with van der Waals surface area (Å²) >= 11 is 0. The van der Waals surface area contributed by atoms with Crippen LogP contribution in [0.25, 0.3) is 0 Å². The highest BCUT2D eigenvalue weighted by atomic mass is 16.4. The van der Waals surface area contributed by atoms with E-state index in [2.05, 4.69) is 25.9 Å². The van der Waals surface area contributed by atoms with Gasteiger partial charge in [0.2, 0.25) is 23.6 Å². The van der Waals surface area contributed by atoms with E-state index in [9.17, 15) is 33.9 Å². The lowest BCUT2D eigenvalue weighted by molar-refractivity contribution is -0.142. The molecule has 1 aromatic heterocycles. The largest absolute Gasteiger partial charge is 0.481 e. The fourth-order valence-electron chi connectivity index (χ4n) is 3.39. The maximum Gasteiger partial charge on any atom is 0.326 e. The van der Waals surface area contributed by atoms with Crippen LogP contribution in [0, 0.1) is 0 Å². The van der Waals surface area contributed by atoms with Crippen molar-refractivity contribution < 1.29 is 39.0 Å². The molecular weight excluding hydrogens is 502 g/mol. The number of hydrogen-bond acceptors (Lipinski definition) is 8. The third-order valence-corrected chi connectivity index (χ3v) is 5.27. The maximum absolute atomic E-state index is 13.1. The summed E-state index contributed by atoms with van der Waals surface area (Å²) in [6.07, 6.45) is 1.14. The summed E-state index contributed by atoms with van der Waals surface area (Å²) in [4.78, 5) is 79.3. The standard InChI is InChI=1S/C23H29N7O8/c24-14(8-19(32)33)20(34)28-15(7-13-10-26-11-27-13)21(35)29-16(9-18(25)31)22(36)30-17(23(37)38)6-12-4-2-1-3-5-12/h1-5,10-11,14-17H,6-9,24H2,(H2,25,31)(H,26,27)(H,28,34)(H,29,35)(H,30,36)(H,32,33)(H,37,38)/t14-,15-,16-,17-/m0/s1. The number of aromatic nitrogens is 2. The monoisotopic (exact) mass is 531 g/mol. The number of carboxylic acids is 2. The van der Waals surface area contributed by atoms with Crippen LogP contribution in [-0.2, 0) is 41.6 Å². The highest BCUT2D eigenvalue weighted by Crippen LogP contribution is 2.06. The molecule has 4 atom stereocenters. The van der Waals surface area contributed by atoms with E-state index in [4.69, 9.17) is 16.6 Å². The van der Waals surface area contributed by atoms with Gasteiger partial charge in [-0.1, -0.05) is 30.3 Å². The summed E-state index contributed by atoms with van der Waals surface area (Å²) < 4.78 is 0. The lowest BCUT2D eigenvalue weighted by Crippen LogP contribution is -2.58. The quantitative estimate of drug-likeness (QED) is 0.119. The molecule has 0 bridgehead atoms. The second-order valence-electron chi connectivity index (χ2n) is 8.35. The molecule has 0 saturated carbocycles. The number of hydrogen-bond donors (Lipinski definition) is 8. The highest BCUT2D eigenvalue weighted by molar-refractivity contribution is 5.96. The van der Waals surface area contributed by atoms with Crippen LogP contribution in [0.15, 0.2) is 42.9 Å². The van der Waals surface area contributed by atoms with Gasteiger partial charge in [-0.2, -0.15) is 0 Å². The average Bonchev–Trinajstić information content (AvgIpc) is 3.35. The predicted octanol–water partition coefficient (Wildman–Crippen LogP) is -2.59. The first-order chi connectivity index (χ1) is 18.0. The Morgan fingerprint density at radius 1 is 0.842 bits per heavy atom. The summed E-state index contributed by atoms with van der Waals surface area (Å²) in [7, 11) is 0. The number of carbonyl (C=O) groups is 6. The van der Waals surface area contributed by atoms with Gasteiger partial charge in [0.1, 0.15) is 18.1 Å². The lowest BCUT2D eigenvalue weighted by atomic mass is 10.0. The summed E-state index contributed by atoms with van der Waals surface area (Å²) in [6, 6.07) is 2.65. The van der Waals surface area contributed by atoms with Crippen LogP contribution in [0.5, 0.6) is 0 Å². The van der Waals surface area contributed by atoms with Crippen LogP contribution in [0.2, 0.25) is 0 Å². The number of amides is 4. The molecule has 0 unspecified atom stereocenters. The summed E-state index contributed by atoms with van der Waals surface area (Å²) in [5.41, 5.74) is 11.8. The molecule has 1 aromatic carbocycles. The van der Waals surface area contributed by atoms with Gasteiger partial charge >= 0.3 is 11.9 Å². The molecule has 15 heteroatoms. The maximum atomic E-state index is 13.1. The van der Waals surface area contributed by atoms with Gasteiger partial charge in [0.05, 0.1) is 30.9 Å². The van der Waals surface area contributed by atoms with Crippen molar-refractivity contribution in [3.8, 4) is 0 Å². The Labute approximate surface area is 216 Å². The van der Waals surface area contributed by atoms with Crippen LogP contribution in [-0.4, -0.2) is 79.9 Å². The second kappa shape index (κ2) is 14.1. The number of nitrogens with one attached hydrogen (secondary N) is 4. The average molecular weight is 532 g/mol. The zero-order chi connectivity index (χ0) is 28.2. The van der Waals surface area contributed by atoms with Crippen molar-refractivity contribution in [2.24, 2.45) is 11.5 Å². The molecule has 0 aliphatic heterocycles. The number of aliphatic carboxylic acids is 2. The van der Waals surface area contributed by atoms with Crippen LogP contribution in [0.4, 0.5) is 0 Å². The second-order valence-corrected chi connectivity index (χ2v) is 8.35. The van der Waals surface area contributed by atoms with Crippen molar-refractivity contribution in [3.05, 3.63) is 54.1 Å². The fraction of sp³-hybridized carbons (Fsp3) is 0.348. The number of carboxylic acid groups (broad SMARTS) is 2. The molecular formula is C23H29N7O8. The Balaban J connectivity index is 2.19. The summed E-state index contributed by atoms with van der Waals surface area (Å²) in [5, 5.41) is 25.3. The molecule has 10 N–H and O–H groups in total. The Kier molecular flexibility index (Phi) is 10.9. The number of primary amides is 1. The Bertz CT molecular complexity index is 1140. The first-order valence-electron chi connectivity index (χ1n) is 11.4. The third kappa shape index (κ3) is 9.69. The van der Waals surface area contributed by atoms with Gasteiger partial charge in [0.25, 0.3) is 0 Å². The van der Waals surface area contributed by atoms with E-state index >= 15 is 0 Å². The van der Waals surface area contributed by atoms with Gasteiger partial charge in [-0.3, -0.25) is 24.0 Å². The molecule has 0 aliphatic carbocycles. The number of benzene rings is 1. The minimum Gasteiger partial charge on any atom is -0.481 e. The lowest BCUT2D eigenvalue weighted by Gasteiger charge is -2.24. The van der Waals surface area contributed by atoms with Gasteiger partial charge in [-0.25, -0.2) is 9.78 Å². The molecule has 4 amide bonds. The Morgan fingerprint density at radius 3 is 2.00 bits per heavy atom. The van der Waals surface area contributed by atoms with E-state index in [1.165, 1.54) is 12.5 Å². The van der Waals surface area contributed by atoms with Gasteiger partial charge in [-0.15, -0.1) is 0 Å². The molecule has 0 radical (unpaired) electrons. The van der Waals surface area contributed by atoms with Crippen LogP contribution < -0.4 is 27.4 Å². The topological polar surface area (TPSA) is 260 Å². The van der Waals surface area contributed by atoms with E-state index in [1.54, 1.807) is 30.3 Å². The van der Waals surface area contributed by atoms with Crippen molar-refractivity contribution in [2.45, 2.75) is 49.9 Å². The van der Waals surface area contributed by atoms with E-state index in [0.717, 1.165) is 0 Å². The molecule has 0 fully saturated rings. The van der Waals surface area contributed by atoms with Crippen molar-refractivity contribution in [1.82, 2.24) is 25.9 Å². The third-order valence-electron chi connectivity index (χ3n) is 5.27. The fourth-order valence-corrected chi connectivity index (χ4v) is 3.39. The van der Waals surface area contributed by atoms with E-state index in [-0.39, 0.29) is 12.8 Å². The molecule has 38 heavy (non-hydrogen) atoms. The van der Waals surface area contributed by atoms with Gasteiger partial charge < -0.3 is 42.6 Å². The highest BCUT2D eigenvalue weighted by Gasteiger charge is 2.32. The zero-order valence-corrected chi connectivity index (χ0v) is 20.1. The van der Waals surface area contributed by atoms with Crippen molar-refractivity contribution in [2.75, 3.05) is 0 Å². The molecule has 2 rings (SSSR count). The van der Waals surface area contributed by atoms with Gasteiger partial charge in [0, 0.05) is 19.0 Å². The normalized spacial score (nSPS) is 13.8. The molecule has 0 aliphatic rings. The van der Waals surface area contributed by atoms with Crippen molar-refractivity contribution in [3.63, 3.8) is 0 Å². The molecule has 1 heterocycles. The number of carbonyl (C=O) groups excluding carboxylic acids is 4. The molecule has 0 saturated heterocycles. The number of imidazole rings is 1. The number of H-pyrrole nitrogens is 1. The Morgan fingerprint density at radius 2 is 1.45 bits per heavy atom. The van der Waals surface area contributed by atoms with Gasteiger partial charge in [0.15, 0.2) is 0 Å². The van der Waals surface area contributed by atoms with Gasteiger partial charge in [-0.05, 0) is 5.56 Å². The van der Waals surface area contributed by atoms with Crippen LogP contribution in [0.1, 0.15) is 24.1 Å². The molecule has 204 valence electrons. The number of nitrogens with zero attached hydrogens (tertiary/aromatic N) is 1. The Hall–Kier alpha value is -4.79. The van der Waals surface area contributed by atoms with Crippen LogP contribution >= 0.6 is 0 Å². The molecule has 0 spiro atoms. The van der Waals surface area contributed by atoms with E-state index < -0.39 is 72.6 Å². The molecule has 2 aromatic rings.